The molecule has 6 heteroatoms. The Morgan fingerprint density at radius 2 is 1.96 bits per heavy atom. The predicted molar refractivity (Wildman–Crippen MR) is 93.6 cm³/mol. The summed E-state index contributed by atoms with van der Waals surface area (Å²) in [5.41, 5.74) is 2.34. The average Bonchev–Trinajstić information content (AvgIpc) is 3.04. The highest BCUT2D eigenvalue weighted by Gasteiger charge is 2.07. The number of benzene rings is 1. The van der Waals surface area contributed by atoms with Crippen LogP contribution in [0.15, 0.2) is 46.6 Å². The molecule has 3 rings (SSSR count). The lowest BCUT2D eigenvalue weighted by Crippen LogP contribution is -2.18. The Kier molecular flexibility index (Phi) is 4.52. The van der Waals surface area contributed by atoms with Crippen LogP contribution in [0.25, 0.3) is 0 Å². The predicted octanol–water partition coefficient (Wildman–Crippen LogP) is 3.68. The maximum atomic E-state index is 12.1. The van der Waals surface area contributed by atoms with E-state index in [2.05, 4.69) is 46.5 Å². The molecular weight excluding hydrogens is 308 g/mol. The van der Waals surface area contributed by atoms with Crippen LogP contribution >= 0.6 is 11.3 Å². The molecule has 0 fully saturated rings. The molecule has 0 amide bonds. The monoisotopic (exact) mass is 326 g/mol. The SMILES string of the molecule is CC(C)c1ccc(Nc2nnc(Cc3cccs3)c(=O)[nH]2)cc1. The topological polar surface area (TPSA) is 70.7 Å². The second-order valence-corrected chi connectivity index (χ2v) is 6.64. The number of hydrogen-bond acceptors (Lipinski definition) is 5. The van der Waals surface area contributed by atoms with E-state index in [0.717, 1.165) is 10.6 Å². The number of nitrogens with one attached hydrogen (secondary N) is 2. The lowest BCUT2D eigenvalue weighted by atomic mass is 10.0. The van der Waals surface area contributed by atoms with Crippen LogP contribution in [-0.2, 0) is 6.42 Å². The van der Waals surface area contributed by atoms with Gasteiger partial charge >= 0.3 is 0 Å². The van der Waals surface area contributed by atoms with Crippen molar-refractivity contribution in [2.45, 2.75) is 26.2 Å². The van der Waals surface area contributed by atoms with Crippen LogP contribution in [0.3, 0.4) is 0 Å². The Balaban J connectivity index is 1.73. The summed E-state index contributed by atoms with van der Waals surface area (Å²) in [6.07, 6.45) is 0.503. The lowest BCUT2D eigenvalue weighted by Gasteiger charge is -2.08. The van der Waals surface area contributed by atoms with Gasteiger partial charge in [-0.05, 0) is 35.1 Å². The van der Waals surface area contributed by atoms with Crippen LogP contribution in [-0.4, -0.2) is 15.2 Å². The molecule has 118 valence electrons. The minimum absolute atomic E-state index is 0.213. The van der Waals surface area contributed by atoms with Crippen molar-refractivity contribution in [3.63, 3.8) is 0 Å². The van der Waals surface area contributed by atoms with Crippen molar-refractivity contribution >= 4 is 23.0 Å². The molecule has 2 heterocycles. The largest absolute Gasteiger partial charge is 0.324 e. The summed E-state index contributed by atoms with van der Waals surface area (Å²) >= 11 is 1.60. The van der Waals surface area contributed by atoms with Crippen molar-refractivity contribution in [3.05, 3.63) is 68.3 Å². The van der Waals surface area contributed by atoms with Gasteiger partial charge in [-0.25, -0.2) is 0 Å². The first-order chi connectivity index (χ1) is 11.1. The normalized spacial score (nSPS) is 10.9. The third-order valence-corrected chi connectivity index (χ3v) is 4.40. The number of aromatic nitrogens is 3. The second kappa shape index (κ2) is 6.75. The summed E-state index contributed by atoms with van der Waals surface area (Å²) in [7, 11) is 0. The molecule has 0 unspecified atom stereocenters. The first kappa shape index (κ1) is 15.4. The van der Waals surface area contributed by atoms with Gasteiger partial charge in [-0.1, -0.05) is 32.0 Å². The summed E-state index contributed by atoms with van der Waals surface area (Å²) in [4.78, 5) is 15.9. The van der Waals surface area contributed by atoms with Crippen LogP contribution in [0, 0.1) is 0 Å². The summed E-state index contributed by atoms with van der Waals surface area (Å²) < 4.78 is 0. The van der Waals surface area contributed by atoms with Gasteiger partial charge in [-0.3, -0.25) is 9.78 Å². The zero-order valence-electron chi connectivity index (χ0n) is 13.0. The molecule has 2 aromatic heterocycles. The summed E-state index contributed by atoms with van der Waals surface area (Å²) in [6, 6.07) is 12.0. The van der Waals surface area contributed by atoms with E-state index in [4.69, 9.17) is 0 Å². The number of rotatable bonds is 5. The van der Waals surface area contributed by atoms with Gasteiger partial charge in [0.15, 0.2) is 0 Å². The minimum Gasteiger partial charge on any atom is -0.324 e. The van der Waals surface area contributed by atoms with E-state index in [0.29, 0.717) is 24.0 Å². The molecular formula is C17H18N4OS. The molecule has 2 N–H and O–H groups in total. The lowest BCUT2D eigenvalue weighted by molar-refractivity contribution is 0.866. The van der Waals surface area contributed by atoms with Crippen molar-refractivity contribution in [2.24, 2.45) is 0 Å². The number of thiophene rings is 1. The van der Waals surface area contributed by atoms with E-state index < -0.39 is 0 Å². The highest BCUT2D eigenvalue weighted by molar-refractivity contribution is 7.09. The zero-order valence-corrected chi connectivity index (χ0v) is 13.9. The van der Waals surface area contributed by atoms with Crippen molar-refractivity contribution in [2.75, 3.05) is 5.32 Å². The quantitative estimate of drug-likeness (QED) is 0.750. The van der Waals surface area contributed by atoms with Gasteiger partial charge in [0.05, 0.1) is 0 Å². The molecule has 0 aliphatic rings. The van der Waals surface area contributed by atoms with E-state index in [-0.39, 0.29) is 5.56 Å². The van der Waals surface area contributed by atoms with E-state index >= 15 is 0 Å². The molecule has 0 bridgehead atoms. The van der Waals surface area contributed by atoms with E-state index in [1.807, 2.05) is 29.6 Å². The van der Waals surface area contributed by atoms with Crippen LogP contribution in [0.1, 0.15) is 35.9 Å². The average molecular weight is 326 g/mol. The molecule has 1 aromatic carbocycles. The molecule has 5 nitrogen and oxygen atoms in total. The van der Waals surface area contributed by atoms with Crippen LogP contribution in [0.4, 0.5) is 11.6 Å². The van der Waals surface area contributed by atoms with Crippen molar-refractivity contribution < 1.29 is 0 Å². The molecule has 0 atom stereocenters. The number of hydrogen-bond donors (Lipinski definition) is 2. The Hall–Kier alpha value is -2.47. The standard InChI is InChI=1S/C17H18N4OS/c1-11(2)12-5-7-13(8-6-12)18-17-19-16(22)15(20-21-17)10-14-4-3-9-23-14/h3-9,11H,10H2,1-2H3,(H2,18,19,21,22). The van der Waals surface area contributed by atoms with Gasteiger partial charge in [0.2, 0.25) is 5.95 Å². The van der Waals surface area contributed by atoms with Gasteiger partial charge in [-0.15, -0.1) is 21.5 Å². The third-order valence-electron chi connectivity index (χ3n) is 3.53. The van der Waals surface area contributed by atoms with Gasteiger partial charge in [0.25, 0.3) is 5.56 Å². The Morgan fingerprint density at radius 3 is 2.57 bits per heavy atom. The Labute approximate surface area is 138 Å². The summed E-state index contributed by atoms with van der Waals surface area (Å²) in [6.45, 7) is 4.30. The highest BCUT2D eigenvalue weighted by atomic mass is 32.1. The van der Waals surface area contributed by atoms with Gasteiger partial charge in [-0.2, -0.15) is 0 Å². The third kappa shape index (κ3) is 3.84. The molecule has 0 spiro atoms. The first-order valence-electron chi connectivity index (χ1n) is 7.47. The second-order valence-electron chi connectivity index (χ2n) is 5.61. The number of aromatic amines is 1. The fourth-order valence-corrected chi connectivity index (χ4v) is 2.91. The number of nitrogens with zero attached hydrogens (tertiary/aromatic N) is 2. The minimum atomic E-state index is -0.213. The van der Waals surface area contributed by atoms with E-state index in [1.165, 1.54) is 5.56 Å². The summed E-state index contributed by atoms with van der Waals surface area (Å²) in [5.74, 6) is 0.836. The fraction of sp³-hybridized carbons (Fsp3) is 0.235. The van der Waals surface area contributed by atoms with Crippen LogP contribution < -0.4 is 10.9 Å². The van der Waals surface area contributed by atoms with Crippen molar-refractivity contribution in [3.8, 4) is 0 Å². The molecule has 3 aromatic rings. The van der Waals surface area contributed by atoms with Crippen molar-refractivity contribution in [1.29, 1.82) is 0 Å². The molecule has 0 saturated carbocycles. The number of anilines is 2. The maximum Gasteiger partial charge on any atom is 0.274 e. The molecule has 0 aliphatic carbocycles. The molecule has 0 radical (unpaired) electrons. The molecule has 23 heavy (non-hydrogen) atoms. The van der Waals surface area contributed by atoms with E-state index in [1.54, 1.807) is 11.3 Å². The van der Waals surface area contributed by atoms with E-state index in [9.17, 15) is 4.79 Å². The number of H-pyrrole nitrogens is 1. The maximum absolute atomic E-state index is 12.1. The zero-order chi connectivity index (χ0) is 16.2. The van der Waals surface area contributed by atoms with Crippen molar-refractivity contribution in [1.82, 2.24) is 15.2 Å². The van der Waals surface area contributed by atoms with Crippen LogP contribution in [0.5, 0.6) is 0 Å². The van der Waals surface area contributed by atoms with Gasteiger partial charge < -0.3 is 5.32 Å². The Bertz CT molecular complexity index is 823. The first-order valence-corrected chi connectivity index (χ1v) is 8.35. The smallest absolute Gasteiger partial charge is 0.274 e. The summed E-state index contributed by atoms with van der Waals surface area (Å²) in [5, 5.41) is 13.2. The van der Waals surface area contributed by atoms with Gasteiger partial charge in [0, 0.05) is 17.0 Å². The molecule has 0 saturated heterocycles. The fourth-order valence-electron chi connectivity index (χ4n) is 2.20. The highest BCUT2D eigenvalue weighted by Crippen LogP contribution is 2.18. The van der Waals surface area contributed by atoms with Crippen LogP contribution in [0.2, 0.25) is 0 Å². The molecule has 0 aliphatic heterocycles. The van der Waals surface area contributed by atoms with Gasteiger partial charge in [0.1, 0.15) is 5.69 Å². The Morgan fingerprint density at radius 1 is 1.17 bits per heavy atom.